The number of hydrogen-bond donors (Lipinski definition) is 1. The van der Waals surface area contributed by atoms with Crippen LogP contribution in [-0.2, 0) is 9.59 Å². The van der Waals surface area contributed by atoms with E-state index in [0.717, 1.165) is 12.8 Å². The van der Waals surface area contributed by atoms with Gasteiger partial charge in [-0.25, -0.2) is 0 Å². The van der Waals surface area contributed by atoms with Crippen LogP contribution in [0.3, 0.4) is 0 Å². The number of carbonyl (C=O) groups excluding carboxylic acids is 2. The van der Waals surface area contributed by atoms with Gasteiger partial charge in [0.1, 0.15) is 0 Å². The number of ketones is 1. The molecule has 1 unspecified atom stereocenters. The zero-order valence-electron chi connectivity index (χ0n) is 7.96. The molecular weight excluding hydrogens is 154 g/mol. The Hall–Kier alpha value is -0.860. The molecule has 3 heteroatoms. The summed E-state index contributed by atoms with van der Waals surface area (Å²) >= 11 is 0. The Labute approximate surface area is 73.5 Å². The fourth-order valence-corrected chi connectivity index (χ4v) is 0.986. The minimum Gasteiger partial charge on any atom is -0.349 e. The summed E-state index contributed by atoms with van der Waals surface area (Å²) in [5.74, 6) is 0.600. The van der Waals surface area contributed by atoms with Crippen LogP contribution < -0.4 is 5.32 Å². The molecule has 0 aliphatic heterocycles. The second kappa shape index (κ2) is 5.75. The summed E-state index contributed by atoms with van der Waals surface area (Å²) in [5, 5.41) is 2.51. The zero-order valence-corrected chi connectivity index (χ0v) is 7.96. The highest BCUT2D eigenvalue weighted by molar-refractivity contribution is 5.83. The summed E-state index contributed by atoms with van der Waals surface area (Å²) in [6, 6.07) is -0.287. The standard InChI is InChI=1S/C9H17NO2/c1-7(2)4-5-9(8(3)12)10-6-11/h6-7,9H,4-5H2,1-3H3,(H,10,11). The molecule has 0 heterocycles. The van der Waals surface area contributed by atoms with Gasteiger partial charge in [-0.3, -0.25) is 9.59 Å². The van der Waals surface area contributed by atoms with Gasteiger partial charge in [0.25, 0.3) is 0 Å². The first kappa shape index (κ1) is 11.1. The smallest absolute Gasteiger partial charge is 0.207 e. The molecule has 0 aliphatic rings. The highest BCUT2D eigenvalue weighted by atomic mass is 16.1. The van der Waals surface area contributed by atoms with E-state index in [1.54, 1.807) is 0 Å². The topological polar surface area (TPSA) is 46.2 Å². The molecule has 0 aromatic rings. The van der Waals surface area contributed by atoms with Crippen molar-refractivity contribution in [1.29, 1.82) is 0 Å². The molecule has 3 nitrogen and oxygen atoms in total. The number of amides is 1. The summed E-state index contributed by atoms with van der Waals surface area (Å²) < 4.78 is 0. The van der Waals surface area contributed by atoms with Crippen molar-refractivity contribution < 1.29 is 9.59 Å². The van der Waals surface area contributed by atoms with Gasteiger partial charge in [0.05, 0.1) is 6.04 Å². The van der Waals surface area contributed by atoms with E-state index in [0.29, 0.717) is 12.3 Å². The Balaban J connectivity index is 3.78. The van der Waals surface area contributed by atoms with E-state index < -0.39 is 0 Å². The maximum absolute atomic E-state index is 10.9. The summed E-state index contributed by atoms with van der Waals surface area (Å²) in [4.78, 5) is 21.0. The van der Waals surface area contributed by atoms with Crippen molar-refractivity contribution in [1.82, 2.24) is 5.32 Å². The van der Waals surface area contributed by atoms with Crippen LogP contribution in [0.5, 0.6) is 0 Å². The number of Topliss-reactive ketones (excluding diaryl/α,β-unsaturated/α-hetero) is 1. The normalized spacial score (nSPS) is 12.7. The van der Waals surface area contributed by atoms with Gasteiger partial charge >= 0.3 is 0 Å². The molecule has 1 amide bonds. The zero-order chi connectivity index (χ0) is 9.56. The van der Waals surface area contributed by atoms with Crippen LogP contribution in [0.15, 0.2) is 0 Å². The number of hydrogen-bond acceptors (Lipinski definition) is 2. The Bertz CT molecular complexity index is 155. The lowest BCUT2D eigenvalue weighted by molar-refractivity contribution is -0.122. The molecule has 0 radical (unpaired) electrons. The molecule has 1 atom stereocenters. The minimum absolute atomic E-state index is 0.0303. The Morgan fingerprint density at radius 1 is 1.42 bits per heavy atom. The molecule has 0 bridgehead atoms. The first-order chi connectivity index (χ1) is 5.57. The average molecular weight is 171 g/mol. The highest BCUT2D eigenvalue weighted by Gasteiger charge is 2.12. The molecule has 0 spiro atoms. The van der Waals surface area contributed by atoms with E-state index >= 15 is 0 Å². The molecular formula is C9H17NO2. The summed E-state index contributed by atoms with van der Waals surface area (Å²) in [7, 11) is 0. The fraction of sp³-hybridized carbons (Fsp3) is 0.778. The summed E-state index contributed by atoms with van der Waals surface area (Å²) in [6.45, 7) is 5.69. The van der Waals surface area contributed by atoms with Crippen LogP contribution in [-0.4, -0.2) is 18.2 Å². The maximum atomic E-state index is 10.9. The molecule has 1 N–H and O–H groups in total. The van der Waals surface area contributed by atoms with Crippen molar-refractivity contribution in [2.75, 3.05) is 0 Å². The average Bonchev–Trinajstić information content (AvgIpc) is 1.96. The SMILES string of the molecule is CC(=O)C(CCC(C)C)NC=O. The highest BCUT2D eigenvalue weighted by Crippen LogP contribution is 2.06. The molecule has 12 heavy (non-hydrogen) atoms. The second-order valence-electron chi connectivity index (χ2n) is 3.42. The fourth-order valence-electron chi connectivity index (χ4n) is 0.986. The van der Waals surface area contributed by atoms with Crippen molar-refractivity contribution in [3.05, 3.63) is 0 Å². The number of rotatable bonds is 6. The van der Waals surface area contributed by atoms with Crippen LogP contribution >= 0.6 is 0 Å². The van der Waals surface area contributed by atoms with Crippen molar-refractivity contribution in [2.45, 2.75) is 39.7 Å². The van der Waals surface area contributed by atoms with E-state index in [2.05, 4.69) is 19.2 Å². The lowest BCUT2D eigenvalue weighted by Crippen LogP contribution is -2.34. The van der Waals surface area contributed by atoms with Gasteiger partial charge < -0.3 is 5.32 Å². The van der Waals surface area contributed by atoms with E-state index in [-0.39, 0.29) is 11.8 Å². The quantitative estimate of drug-likeness (QED) is 0.609. The maximum Gasteiger partial charge on any atom is 0.207 e. The van der Waals surface area contributed by atoms with Crippen LogP contribution in [0, 0.1) is 5.92 Å². The number of nitrogens with one attached hydrogen (secondary N) is 1. The molecule has 0 aromatic carbocycles. The van der Waals surface area contributed by atoms with Crippen molar-refractivity contribution in [3.63, 3.8) is 0 Å². The van der Waals surface area contributed by atoms with Crippen molar-refractivity contribution in [3.8, 4) is 0 Å². The first-order valence-electron chi connectivity index (χ1n) is 4.28. The van der Waals surface area contributed by atoms with Crippen molar-refractivity contribution in [2.24, 2.45) is 5.92 Å². The van der Waals surface area contributed by atoms with E-state index in [1.807, 2.05) is 0 Å². The van der Waals surface area contributed by atoms with Crippen molar-refractivity contribution >= 4 is 12.2 Å². The van der Waals surface area contributed by atoms with Gasteiger partial charge in [0, 0.05) is 0 Å². The monoisotopic (exact) mass is 171 g/mol. The molecule has 70 valence electrons. The largest absolute Gasteiger partial charge is 0.349 e. The molecule has 0 rings (SSSR count). The van der Waals surface area contributed by atoms with Gasteiger partial charge in [-0.05, 0) is 25.7 Å². The predicted molar refractivity (Wildman–Crippen MR) is 47.7 cm³/mol. The van der Waals surface area contributed by atoms with Crippen LogP contribution in [0.1, 0.15) is 33.6 Å². The molecule has 0 saturated heterocycles. The lowest BCUT2D eigenvalue weighted by atomic mass is 10.0. The van der Waals surface area contributed by atoms with E-state index in [4.69, 9.17) is 0 Å². The Morgan fingerprint density at radius 2 is 2.00 bits per heavy atom. The van der Waals surface area contributed by atoms with Gasteiger partial charge in [0.15, 0.2) is 5.78 Å². The van der Waals surface area contributed by atoms with Crippen LogP contribution in [0.2, 0.25) is 0 Å². The predicted octanol–water partition coefficient (Wildman–Crippen LogP) is 1.13. The van der Waals surface area contributed by atoms with Gasteiger partial charge in [-0.15, -0.1) is 0 Å². The Kier molecular flexibility index (Phi) is 5.34. The molecule has 0 aliphatic carbocycles. The molecule has 0 saturated carbocycles. The molecule has 0 fully saturated rings. The van der Waals surface area contributed by atoms with Gasteiger partial charge in [-0.2, -0.15) is 0 Å². The third-order valence-corrected chi connectivity index (χ3v) is 1.79. The van der Waals surface area contributed by atoms with Gasteiger partial charge in [0.2, 0.25) is 6.41 Å². The third-order valence-electron chi connectivity index (χ3n) is 1.79. The van der Waals surface area contributed by atoms with Gasteiger partial charge in [-0.1, -0.05) is 13.8 Å². The lowest BCUT2D eigenvalue weighted by Gasteiger charge is -2.13. The summed E-state index contributed by atoms with van der Waals surface area (Å²) in [5.41, 5.74) is 0. The number of carbonyl (C=O) groups is 2. The minimum atomic E-state index is -0.287. The third kappa shape index (κ3) is 4.88. The second-order valence-corrected chi connectivity index (χ2v) is 3.42. The Morgan fingerprint density at radius 3 is 2.33 bits per heavy atom. The van der Waals surface area contributed by atoms with Crippen LogP contribution in [0.25, 0.3) is 0 Å². The van der Waals surface area contributed by atoms with E-state index in [1.165, 1.54) is 6.92 Å². The molecule has 0 aromatic heterocycles. The first-order valence-corrected chi connectivity index (χ1v) is 4.28. The summed E-state index contributed by atoms with van der Waals surface area (Å²) in [6.07, 6.45) is 2.29. The van der Waals surface area contributed by atoms with Crippen LogP contribution in [0.4, 0.5) is 0 Å². The van der Waals surface area contributed by atoms with E-state index in [9.17, 15) is 9.59 Å².